The summed E-state index contributed by atoms with van der Waals surface area (Å²) in [6.45, 7) is 2.18. The molecule has 1 N–H and O–H groups in total. The minimum absolute atomic E-state index is 0.0885. The van der Waals surface area contributed by atoms with Crippen LogP contribution in [-0.2, 0) is 19.1 Å². The number of hydrogen-bond acceptors (Lipinski definition) is 5. The van der Waals surface area contributed by atoms with E-state index in [-0.39, 0.29) is 30.6 Å². The Morgan fingerprint density at radius 2 is 1.91 bits per heavy atom. The van der Waals surface area contributed by atoms with Gasteiger partial charge in [0.25, 0.3) is 0 Å². The highest BCUT2D eigenvalue weighted by Crippen LogP contribution is 2.39. The predicted octanol–water partition coefficient (Wildman–Crippen LogP) is 2.78. The van der Waals surface area contributed by atoms with E-state index >= 15 is 0 Å². The van der Waals surface area contributed by atoms with Crippen LogP contribution >= 0.6 is 0 Å². The molecule has 0 radical (unpaired) electrons. The molecule has 1 aromatic carbocycles. The molecule has 2 bridgehead atoms. The van der Waals surface area contributed by atoms with E-state index in [4.69, 9.17) is 14.2 Å². The van der Waals surface area contributed by atoms with Gasteiger partial charge < -0.3 is 24.4 Å². The van der Waals surface area contributed by atoms with Gasteiger partial charge in [-0.2, -0.15) is 0 Å². The molecule has 1 spiro atoms. The number of benzene rings is 1. The van der Waals surface area contributed by atoms with Crippen LogP contribution in [0.2, 0.25) is 0 Å². The van der Waals surface area contributed by atoms with Gasteiger partial charge in [0.15, 0.2) is 0 Å². The van der Waals surface area contributed by atoms with E-state index in [2.05, 4.69) is 17.4 Å². The van der Waals surface area contributed by atoms with Gasteiger partial charge in [-0.1, -0.05) is 18.2 Å². The fraction of sp³-hybridized carbons (Fsp3) is 0.680. The summed E-state index contributed by atoms with van der Waals surface area (Å²) in [6, 6.07) is 8.13. The molecule has 1 saturated carbocycles. The SMILES string of the molecule is O=C1COCC2(CCCN3C(=O)CCCOc4ccccc4[C@H]4CC[C@H](CC4)OC[C@H]32)N1. The Morgan fingerprint density at radius 1 is 1.06 bits per heavy atom. The molecule has 32 heavy (non-hydrogen) atoms. The van der Waals surface area contributed by atoms with Gasteiger partial charge >= 0.3 is 0 Å². The van der Waals surface area contributed by atoms with E-state index in [0.717, 1.165) is 44.3 Å². The molecular formula is C25H34N2O5. The highest BCUT2D eigenvalue weighted by Gasteiger charge is 2.49. The minimum Gasteiger partial charge on any atom is -0.493 e. The Morgan fingerprint density at radius 3 is 2.75 bits per heavy atom. The van der Waals surface area contributed by atoms with Crippen molar-refractivity contribution in [2.24, 2.45) is 0 Å². The van der Waals surface area contributed by atoms with Crippen LogP contribution in [0.15, 0.2) is 24.3 Å². The molecule has 1 unspecified atom stereocenters. The number of morpholine rings is 1. The summed E-state index contributed by atoms with van der Waals surface area (Å²) in [7, 11) is 0. The third kappa shape index (κ3) is 4.37. The third-order valence-electron chi connectivity index (χ3n) is 7.65. The summed E-state index contributed by atoms with van der Waals surface area (Å²) in [4.78, 5) is 27.4. The normalized spacial score (nSPS) is 34.0. The Labute approximate surface area is 189 Å². The Hall–Kier alpha value is -2.12. The first-order valence-electron chi connectivity index (χ1n) is 12.2. The maximum atomic E-state index is 13.3. The first-order chi connectivity index (χ1) is 15.6. The van der Waals surface area contributed by atoms with E-state index in [1.54, 1.807) is 0 Å². The average molecular weight is 443 g/mol. The van der Waals surface area contributed by atoms with Crippen molar-refractivity contribution in [3.8, 4) is 5.75 Å². The van der Waals surface area contributed by atoms with Crippen molar-refractivity contribution in [2.45, 2.75) is 75.0 Å². The number of fused-ring (bicyclic) bond motifs is 7. The van der Waals surface area contributed by atoms with E-state index in [1.165, 1.54) is 5.56 Å². The smallest absolute Gasteiger partial charge is 0.246 e. The van der Waals surface area contributed by atoms with Crippen molar-refractivity contribution >= 4 is 11.8 Å². The van der Waals surface area contributed by atoms with Gasteiger partial charge in [0.05, 0.1) is 37.5 Å². The van der Waals surface area contributed by atoms with Crippen molar-refractivity contribution in [1.82, 2.24) is 10.2 Å². The Kier molecular flexibility index (Phi) is 6.37. The highest BCUT2D eigenvalue weighted by molar-refractivity contribution is 5.80. The molecule has 2 atom stereocenters. The lowest BCUT2D eigenvalue weighted by molar-refractivity contribution is -0.155. The van der Waals surface area contributed by atoms with Crippen LogP contribution in [-0.4, -0.2) is 67.4 Å². The topological polar surface area (TPSA) is 77.1 Å². The van der Waals surface area contributed by atoms with Gasteiger partial charge in [-0.05, 0) is 62.5 Å². The van der Waals surface area contributed by atoms with Gasteiger partial charge in [0, 0.05) is 13.0 Å². The fourth-order valence-corrected chi connectivity index (χ4v) is 5.99. The zero-order valence-corrected chi connectivity index (χ0v) is 18.7. The van der Waals surface area contributed by atoms with Gasteiger partial charge in [0.1, 0.15) is 12.4 Å². The van der Waals surface area contributed by atoms with E-state index in [9.17, 15) is 9.59 Å². The van der Waals surface area contributed by atoms with Gasteiger partial charge in [-0.25, -0.2) is 0 Å². The third-order valence-corrected chi connectivity index (χ3v) is 7.65. The van der Waals surface area contributed by atoms with E-state index in [1.807, 2.05) is 17.0 Å². The summed E-state index contributed by atoms with van der Waals surface area (Å²) in [5, 5.41) is 3.19. The molecule has 174 valence electrons. The van der Waals surface area contributed by atoms with E-state index < -0.39 is 5.54 Å². The molecular weight excluding hydrogens is 408 g/mol. The predicted molar refractivity (Wildman–Crippen MR) is 119 cm³/mol. The molecule has 4 heterocycles. The van der Waals surface area contributed by atoms with Crippen LogP contribution in [0.3, 0.4) is 0 Å². The molecule has 7 heteroatoms. The second-order valence-electron chi connectivity index (χ2n) is 9.70. The number of ether oxygens (including phenoxy) is 3. The van der Waals surface area contributed by atoms with E-state index in [0.29, 0.717) is 45.1 Å². The number of nitrogens with one attached hydrogen (secondary N) is 1. The Balaban J connectivity index is 1.39. The zero-order valence-electron chi connectivity index (χ0n) is 18.7. The number of hydrogen-bond donors (Lipinski definition) is 1. The van der Waals surface area contributed by atoms with Crippen LogP contribution in [0.4, 0.5) is 0 Å². The Bertz CT molecular complexity index is 833. The molecule has 2 saturated heterocycles. The summed E-state index contributed by atoms with van der Waals surface area (Å²) in [6.07, 6.45) is 7.07. The number of carbonyl (C=O) groups is 2. The first-order valence-corrected chi connectivity index (χ1v) is 12.2. The maximum absolute atomic E-state index is 13.3. The molecule has 1 aromatic rings. The number of para-hydroxylation sites is 1. The van der Waals surface area contributed by atoms with Crippen molar-refractivity contribution in [3.63, 3.8) is 0 Å². The lowest BCUT2D eigenvalue weighted by Crippen LogP contribution is -2.72. The minimum atomic E-state index is -0.554. The molecule has 5 aliphatic rings. The van der Waals surface area contributed by atoms with Crippen LogP contribution in [0.1, 0.15) is 62.8 Å². The number of carbonyl (C=O) groups excluding carboxylic acids is 2. The van der Waals surface area contributed by atoms with Crippen LogP contribution in [0.25, 0.3) is 0 Å². The average Bonchev–Trinajstić information content (AvgIpc) is 2.81. The number of piperidine rings is 1. The lowest BCUT2D eigenvalue weighted by atomic mass is 9.80. The summed E-state index contributed by atoms with van der Waals surface area (Å²) >= 11 is 0. The number of rotatable bonds is 0. The zero-order chi connectivity index (χ0) is 22.0. The van der Waals surface area contributed by atoms with Gasteiger partial charge in [0.2, 0.25) is 11.8 Å². The standard InChI is InChI=1S/C25H34N2O5/c28-23-16-30-17-25(26-23)12-4-13-27-22(25)15-32-19-10-8-18(9-11-19)20-5-1-2-6-21(20)31-14-3-7-24(27)29/h1-2,5-6,18-19,22H,3-4,7-17H2,(H,26,28)/t18-,19+,22-,25?/m0/s1. The summed E-state index contributed by atoms with van der Waals surface area (Å²) in [5.74, 6) is 1.44. The summed E-state index contributed by atoms with van der Waals surface area (Å²) in [5.41, 5.74) is 0.729. The quantitative estimate of drug-likeness (QED) is 0.669. The van der Waals surface area contributed by atoms with Crippen molar-refractivity contribution < 1.29 is 23.8 Å². The van der Waals surface area contributed by atoms with Crippen molar-refractivity contribution in [3.05, 3.63) is 29.8 Å². The molecule has 4 aliphatic heterocycles. The second-order valence-corrected chi connectivity index (χ2v) is 9.70. The first kappa shape index (κ1) is 21.7. The highest BCUT2D eigenvalue weighted by atomic mass is 16.5. The van der Waals surface area contributed by atoms with Crippen molar-refractivity contribution in [1.29, 1.82) is 0 Å². The molecule has 0 aromatic heterocycles. The lowest BCUT2D eigenvalue weighted by Gasteiger charge is -2.51. The van der Waals surface area contributed by atoms with Gasteiger partial charge in [-0.3, -0.25) is 9.59 Å². The molecule has 2 amide bonds. The van der Waals surface area contributed by atoms with Crippen LogP contribution in [0.5, 0.6) is 5.75 Å². The second kappa shape index (κ2) is 9.40. The molecule has 3 fully saturated rings. The van der Waals surface area contributed by atoms with Gasteiger partial charge in [-0.15, -0.1) is 0 Å². The molecule has 1 aliphatic carbocycles. The molecule has 6 rings (SSSR count). The van der Waals surface area contributed by atoms with Crippen LogP contribution in [0, 0.1) is 0 Å². The largest absolute Gasteiger partial charge is 0.493 e. The van der Waals surface area contributed by atoms with Crippen LogP contribution < -0.4 is 10.1 Å². The fourth-order valence-electron chi connectivity index (χ4n) is 5.99. The maximum Gasteiger partial charge on any atom is 0.246 e. The number of nitrogens with zero attached hydrogens (tertiary/aromatic N) is 1. The number of amides is 2. The van der Waals surface area contributed by atoms with Crippen molar-refractivity contribution in [2.75, 3.05) is 33.0 Å². The monoisotopic (exact) mass is 442 g/mol. The molecule has 7 nitrogen and oxygen atoms in total. The summed E-state index contributed by atoms with van der Waals surface area (Å²) < 4.78 is 18.2.